The quantitative estimate of drug-likeness (QED) is 0.145. The van der Waals surface area contributed by atoms with E-state index in [2.05, 4.69) is 25.1 Å². The maximum atomic E-state index is 13.7. The molecule has 5 rings (SSSR count). The highest BCUT2D eigenvalue weighted by atomic mass is 16.5. The Balaban J connectivity index is 1.58. The molecule has 0 saturated heterocycles. The van der Waals surface area contributed by atoms with Crippen molar-refractivity contribution in [2.45, 2.75) is 20.3 Å². The van der Waals surface area contributed by atoms with Crippen molar-refractivity contribution < 1.29 is 19.0 Å². The zero-order valence-corrected chi connectivity index (χ0v) is 20.9. The summed E-state index contributed by atoms with van der Waals surface area (Å²) in [5, 5.41) is 3.73. The van der Waals surface area contributed by atoms with E-state index in [-0.39, 0.29) is 5.97 Å². The highest BCUT2D eigenvalue weighted by Gasteiger charge is 2.19. The molecular formula is C32H28O4. The van der Waals surface area contributed by atoms with Gasteiger partial charge in [-0.3, -0.25) is 0 Å². The second-order valence-electron chi connectivity index (χ2n) is 9.09. The number of methoxy groups -OCH3 is 2. The number of esters is 1. The zero-order valence-electron chi connectivity index (χ0n) is 20.9. The number of hydrogen-bond acceptors (Lipinski definition) is 4. The molecule has 0 aromatic heterocycles. The van der Waals surface area contributed by atoms with Crippen molar-refractivity contribution in [1.29, 1.82) is 0 Å². The van der Waals surface area contributed by atoms with Crippen LogP contribution in [0.25, 0.3) is 21.5 Å². The highest BCUT2D eigenvalue weighted by molar-refractivity contribution is 6.08. The Labute approximate surface area is 211 Å². The lowest BCUT2D eigenvalue weighted by molar-refractivity contribution is 0.0738. The van der Waals surface area contributed by atoms with E-state index in [9.17, 15) is 4.79 Å². The van der Waals surface area contributed by atoms with Crippen LogP contribution in [-0.4, -0.2) is 20.2 Å². The molecule has 0 N–H and O–H groups in total. The summed E-state index contributed by atoms with van der Waals surface area (Å²) in [6, 6.07) is 27.9. The molecule has 0 aliphatic rings. The maximum absolute atomic E-state index is 13.7. The first-order chi connectivity index (χ1) is 17.4. The van der Waals surface area contributed by atoms with Gasteiger partial charge in [0.2, 0.25) is 0 Å². The Morgan fingerprint density at radius 1 is 0.667 bits per heavy atom. The molecule has 0 saturated carbocycles. The minimum atomic E-state index is -0.379. The maximum Gasteiger partial charge on any atom is 0.343 e. The van der Waals surface area contributed by atoms with Crippen LogP contribution in [0.3, 0.4) is 0 Å². The summed E-state index contributed by atoms with van der Waals surface area (Å²) in [7, 11) is 3.28. The molecule has 0 fully saturated rings. The van der Waals surface area contributed by atoms with E-state index in [0.29, 0.717) is 23.5 Å². The van der Waals surface area contributed by atoms with E-state index in [1.165, 1.54) is 0 Å². The monoisotopic (exact) mass is 476 g/mol. The molecule has 0 bridgehead atoms. The van der Waals surface area contributed by atoms with Gasteiger partial charge < -0.3 is 14.2 Å². The van der Waals surface area contributed by atoms with Crippen LogP contribution in [0, 0.1) is 13.8 Å². The van der Waals surface area contributed by atoms with Gasteiger partial charge in [-0.05, 0) is 78.6 Å². The van der Waals surface area contributed by atoms with Crippen molar-refractivity contribution in [3.05, 3.63) is 113 Å². The Hall–Kier alpha value is -4.31. The number of hydrogen-bond donors (Lipinski definition) is 0. The Morgan fingerprint density at radius 2 is 1.36 bits per heavy atom. The van der Waals surface area contributed by atoms with Crippen molar-refractivity contribution in [3.63, 3.8) is 0 Å². The number of ether oxygens (including phenoxy) is 3. The van der Waals surface area contributed by atoms with Gasteiger partial charge in [0.25, 0.3) is 0 Å². The van der Waals surface area contributed by atoms with E-state index in [1.54, 1.807) is 14.2 Å². The molecule has 0 aliphatic heterocycles. The SMILES string of the molecule is COc1ccc(Cc2cc(C)ccc2C(=O)Oc2c3ccc(C)cc3cc3ccc(OC)cc23)cc1. The van der Waals surface area contributed by atoms with Crippen molar-refractivity contribution in [2.24, 2.45) is 0 Å². The largest absolute Gasteiger partial charge is 0.497 e. The molecule has 0 amide bonds. The Morgan fingerprint density at radius 3 is 2.11 bits per heavy atom. The summed E-state index contributed by atoms with van der Waals surface area (Å²) in [5.41, 5.74) is 4.80. The van der Waals surface area contributed by atoms with Crippen LogP contribution in [0.4, 0.5) is 0 Å². The predicted molar refractivity (Wildman–Crippen MR) is 145 cm³/mol. The predicted octanol–water partition coefficient (Wildman–Crippen LogP) is 7.44. The van der Waals surface area contributed by atoms with Gasteiger partial charge in [0.15, 0.2) is 0 Å². The lowest BCUT2D eigenvalue weighted by Crippen LogP contribution is -2.12. The van der Waals surface area contributed by atoms with Crippen LogP contribution in [0.5, 0.6) is 17.2 Å². The number of carbonyl (C=O) groups is 1. The molecule has 5 aromatic carbocycles. The average Bonchev–Trinajstić information content (AvgIpc) is 2.88. The highest BCUT2D eigenvalue weighted by Crippen LogP contribution is 2.38. The van der Waals surface area contributed by atoms with Crippen LogP contribution in [-0.2, 0) is 6.42 Å². The van der Waals surface area contributed by atoms with Crippen LogP contribution in [0.1, 0.15) is 32.6 Å². The smallest absolute Gasteiger partial charge is 0.343 e. The number of carbonyl (C=O) groups excluding carboxylic acids is 1. The summed E-state index contributed by atoms with van der Waals surface area (Å²) < 4.78 is 16.9. The number of aryl methyl sites for hydroxylation is 2. The van der Waals surface area contributed by atoms with E-state index in [1.807, 2.05) is 73.7 Å². The normalized spacial score (nSPS) is 11.0. The van der Waals surface area contributed by atoms with Crippen LogP contribution in [0.15, 0.2) is 84.9 Å². The summed E-state index contributed by atoms with van der Waals surface area (Å²) in [6.07, 6.45) is 0.611. The molecule has 0 heterocycles. The van der Waals surface area contributed by atoms with Gasteiger partial charge in [-0.25, -0.2) is 4.79 Å². The molecule has 4 heteroatoms. The second-order valence-corrected chi connectivity index (χ2v) is 9.09. The van der Waals surface area contributed by atoms with Gasteiger partial charge in [0.1, 0.15) is 17.2 Å². The van der Waals surface area contributed by atoms with Crippen molar-refractivity contribution in [3.8, 4) is 17.2 Å². The fourth-order valence-corrected chi connectivity index (χ4v) is 4.59. The van der Waals surface area contributed by atoms with Gasteiger partial charge in [-0.1, -0.05) is 59.7 Å². The van der Waals surface area contributed by atoms with E-state index >= 15 is 0 Å². The molecule has 0 atom stereocenters. The van der Waals surface area contributed by atoms with Crippen molar-refractivity contribution >= 4 is 27.5 Å². The van der Waals surface area contributed by atoms with Crippen LogP contribution >= 0.6 is 0 Å². The van der Waals surface area contributed by atoms with E-state index in [4.69, 9.17) is 14.2 Å². The molecule has 4 nitrogen and oxygen atoms in total. The van der Waals surface area contributed by atoms with Crippen molar-refractivity contribution in [1.82, 2.24) is 0 Å². The topological polar surface area (TPSA) is 44.8 Å². The molecule has 0 radical (unpaired) electrons. The third-order valence-electron chi connectivity index (χ3n) is 6.50. The molecule has 0 aliphatic carbocycles. The van der Waals surface area contributed by atoms with Gasteiger partial charge in [0.05, 0.1) is 19.8 Å². The van der Waals surface area contributed by atoms with Gasteiger partial charge in [0, 0.05) is 10.8 Å². The number of rotatable bonds is 6. The lowest BCUT2D eigenvalue weighted by atomic mass is 9.97. The first kappa shape index (κ1) is 23.4. The molecule has 36 heavy (non-hydrogen) atoms. The first-order valence-electron chi connectivity index (χ1n) is 11.9. The molecule has 5 aromatic rings. The fraction of sp³-hybridized carbons (Fsp3) is 0.156. The zero-order chi connectivity index (χ0) is 25.2. The third kappa shape index (κ3) is 4.63. The minimum Gasteiger partial charge on any atom is -0.497 e. The molecular weight excluding hydrogens is 448 g/mol. The molecule has 0 unspecified atom stereocenters. The minimum absolute atomic E-state index is 0.379. The summed E-state index contributed by atoms with van der Waals surface area (Å²) in [4.78, 5) is 13.7. The van der Waals surface area contributed by atoms with Crippen molar-refractivity contribution in [2.75, 3.05) is 14.2 Å². The van der Waals surface area contributed by atoms with Crippen LogP contribution < -0.4 is 14.2 Å². The summed E-state index contributed by atoms with van der Waals surface area (Å²) in [6.45, 7) is 4.08. The molecule has 0 spiro atoms. The second kappa shape index (κ2) is 9.74. The Kier molecular flexibility index (Phi) is 6.34. The van der Waals surface area contributed by atoms with Gasteiger partial charge in [-0.2, -0.15) is 0 Å². The summed E-state index contributed by atoms with van der Waals surface area (Å²) in [5.74, 6) is 1.68. The Bertz CT molecular complexity index is 1580. The van der Waals surface area contributed by atoms with Gasteiger partial charge in [-0.15, -0.1) is 0 Å². The standard InChI is InChI=1S/C32H28O4/c1-20-5-13-28-25(16-20)18-23-9-12-27(35-4)19-30(23)31(28)36-32(33)29-14-6-21(2)15-24(29)17-22-7-10-26(34-3)11-8-22/h5-16,18-19H,17H2,1-4H3. The summed E-state index contributed by atoms with van der Waals surface area (Å²) >= 11 is 0. The number of fused-ring (bicyclic) bond motifs is 2. The average molecular weight is 477 g/mol. The first-order valence-corrected chi connectivity index (χ1v) is 11.9. The van der Waals surface area contributed by atoms with E-state index < -0.39 is 0 Å². The molecule has 180 valence electrons. The number of benzene rings is 5. The fourth-order valence-electron chi connectivity index (χ4n) is 4.59. The van der Waals surface area contributed by atoms with E-state index in [0.717, 1.165) is 49.5 Å². The lowest BCUT2D eigenvalue weighted by Gasteiger charge is -2.15. The third-order valence-corrected chi connectivity index (χ3v) is 6.50. The van der Waals surface area contributed by atoms with Crippen LogP contribution in [0.2, 0.25) is 0 Å². The van der Waals surface area contributed by atoms with Gasteiger partial charge >= 0.3 is 5.97 Å².